The van der Waals surface area contributed by atoms with Gasteiger partial charge in [-0.05, 0) is 31.7 Å². The second-order valence-corrected chi connectivity index (χ2v) is 6.09. The maximum Gasteiger partial charge on any atom is 0.233 e. The Morgan fingerprint density at radius 2 is 2.10 bits per heavy atom. The van der Waals surface area contributed by atoms with Crippen molar-refractivity contribution in [2.75, 3.05) is 6.54 Å². The average molecular weight is 290 g/mol. The minimum Gasteiger partial charge on any atom is -0.392 e. The van der Waals surface area contributed by atoms with Gasteiger partial charge in [0.2, 0.25) is 5.91 Å². The van der Waals surface area contributed by atoms with Crippen LogP contribution in [0.2, 0.25) is 0 Å². The van der Waals surface area contributed by atoms with Gasteiger partial charge in [-0.25, -0.2) is 0 Å². The van der Waals surface area contributed by atoms with Gasteiger partial charge in [0.05, 0.1) is 10.4 Å². The maximum atomic E-state index is 12.4. The van der Waals surface area contributed by atoms with Crippen LogP contribution in [-0.4, -0.2) is 17.4 Å². The number of thiocarbonyl (C=S) groups is 1. The number of benzene rings is 1. The highest BCUT2D eigenvalue weighted by Gasteiger charge is 2.43. The SMILES string of the molecule is Cc1cccc(CCNC(=O)C2(C(N)=S)CCCC2)c1. The molecule has 0 atom stereocenters. The Morgan fingerprint density at radius 3 is 2.70 bits per heavy atom. The van der Waals surface area contributed by atoms with Gasteiger partial charge >= 0.3 is 0 Å². The molecule has 0 heterocycles. The summed E-state index contributed by atoms with van der Waals surface area (Å²) in [5.74, 6) is 0.00940. The van der Waals surface area contributed by atoms with E-state index in [1.165, 1.54) is 11.1 Å². The molecule has 108 valence electrons. The van der Waals surface area contributed by atoms with Crippen molar-refractivity contribution in [3.05, 3.63) is 35.4 Å². The van der Waals surface area contributed by atoms with Crippen LogP contribution in [0.5, 0.6) is 0 Å². The van der Waals surface area contributed by atoms with Gasteiger partial charge in [-0.1, -0.05) is 54.9 Å². The standard InChI is InChI=1S/C16H22N2OS/c1-12-5-4-6-13(11-12)7-10-18-15(19)16(14(17)20)8-2-3-9-16/h4-6,11H,2-3,7-10H2,1H3,(H2,17,20)(H,18,19). The molecule has 0 bridgehead atoms. The monoisotopic (exact) mass is 290 g/mol. The topological polar surface area (TPSA) is 55.1 Å². The smallest absolute Gasteiger partial charge is 0.233 e. The third-order valence-corrected chi connectivity index (χ3v) is 4.54. The average Bonchev–Trinajstić information content (AvgIpc) is 2.89. The normalized spacial score (nSPS) is 16.9. The van der Waals surface area contributed by atoms with Crippen molar-refractivity contribution in [1.82, 2.24) is 5.32 Å². The minimum atomic E-state index is -0.595. The van der Waals surface area contributed by atoms with Crippen LogP contribution in [0.15, 0.2) is 24.3 Å². The Kier molecular flexibility index (Phi) is 4.76. The lowest BCUT2D eigenvalue weighted by Gasteiger charge is -2.26. The van der Waals surface area contributed by atoms with Gasteiger partial charge in [0.25, 0.3) is 0 Å². The molecule has 20 heavy (non-hydrogen) atoms. The van der Waals surface area contributed by atoms with E-state index in [9.17, 15) is 4.79 Å². The first kappa shape index (κ1) is 15.0. The summed E-state index contributed by atoms with van der Waals surface area (Å²) in [6, 6.07) is 8.34. The quantitative estimate of drug-likeness (QED) is 0.819. The Labute approximate surface area is 125 Å². The fourth-order valence-electron chi connectivity index (χ4n) is 2.92. The fraction of sp³-hybridized carbons (Fsp3) is 0.500. The summed E-state index contributed by atoms with van der Waals surface area (Å²) >= 11 is 5.12. The molecular formula is C16H22N2OS. The zero-order valence-electron chi connectivity index (χ0n) is 11.9. The van der Waals surface area contributed by atoms with Crippen LogP contribution in [0.4, 0.5) is 0 Å². The summed E-state index contributed by atoms with van der Waals surface area (Å²) in [4.78, 5) is 12.7. The second-order valence-electron chi connectivity index (χ2n) is 5.65. The second kappa shape index (κ2) is 6.35. The first-order valence-electron chi connectivity index (χ1n) is 7.18. The number of rotatable bonds is 5. The van der Waals surface area contributed by atoms with E-state index in [4.69, 9.17) is 18.0 Å². The lowest BCUT2D eigenvalue weighted by molar-refractivity contribution is -0.127. The predicted octanol–water partition coefficient (Wildman–Crippen LogP) is 2.50. The van der Waals surface area contributed by atoms with Crippen LogP contribution in [-0.2, 0) is 11.2 Å². The number of hydrogen-bond acceptors (Lipinski definition) is 2. The summed E-state index contributed by atoms with van der Waals surface area (Å²) < 4.78 is 0. The number of hydrogen-bond donors (Lipinski definition) is 2. The molecular weight excluding hydrogens is 268 g/mol. The highest BCUT2D eigenvalue weighted by Crippen LogP contribution is 2.38. The molecule has 0 aromatic heterocycles. The van der Waals surface area contributed by atoms with E-state index in [0.29, 0.717) is 11.5 Å². The molecule has 1 fully saturated rings. The third-order valence-electron chi connectivity index (χ3n) is 4.15. The Balaban J connectivity index is 1.90. The lowest BCUT2D eigenvalue weighted by atomic mass is 9.85. The first-order valence-corrected chi connectivity index (χ1v) is 7.59. The summed E-state index contributed by atoms with van der Waals surface area (Å²) in [5, 5.41) is 3.01. The number of nitrogens with two attached hydrogens (primary N) is 1. The molecule has 1 amide bonds. The van der Waals surface area contributed by atoms with Gasteiger partial charge in [-0.15, -0.1) is 0 Å². The number of nitrogens with one attached hydrogen (secondary N) is 1. The van der Waals surface area contributed by atoms with E-state index in [0.717, 1.165) is 32.1 Å². The molecule has 1 aromatic rings. The zero-order chi connectivity index (χ0) is 14.6. The fourth-order valence-corrected chi connectivity index (χ4v) is 3.22. The predicted molar refractivity (Wildman–Crippen MR) is 85.6 cm³/mol. The van der Waals surface area contributed by atoms with Gasteiger partial charge in [0, 0.05) is 6.54 Å². The molecule has 1 aliphatic rings. The summed E-state index contributed by atoms with van der Waals surface area (Å²) in [6.45, 7) is 2.70. The molecule has 0 radical (unpaired) electrons. The molecule has 0 spiro atoms. The lowest BCUT2D eigenvalue weighted by Crippen LogP contribution is -2.47. The molecule has 3 N–H and O–H groups in total. The van der Waals surface area contributed by atoms with Gasteiger partial charge in [0.15, 0.2) is 0 Å². The van der Waals surface area contributed by atoms with E-state index in [2.05, 4.69) is 30.4 Å². The van der Waals surface area contributed by atoms with Crippen LogP contribution in [0, 0.1) is 12.3 Å². The van der Waals surface area contributed by atoms with Crippen molar-refractivity contribution in [2.24, 2.45) is 11.1 Å². The van der Waals surface area contributed by atoms with E-state index < -0.39 is 5.41 Å². The van der Waals surface area contributed by atoms with Crippen molar-refractivity contribution in [2.45, 2.75) is 39.0 Å². The van der Waals surface area contributed by atoms with Gasteiger partial charge < -0.3 is 11.1 Å². The van der Waals surface area contributed by atoms with E-state index in [1.54, 1.807) is 0 Å². The van der Waals surface area contributed by atoms with Crippen LogP contribution in [0.3, 0.4) is 0 Å². The highest BCUT2D eigenvalue weighted by atomic mass is 32.1. The molecule has 0 unspecified atom stereocenters. The zero-order valence-corrected chi connectivity index (χ0v) is 12.8. The Bertz CT molecular complexity index is 507. The molecule has 2 rings (SSSR count). The Morgan fingerprint density at radius 1 is 1.40 bits per heavy atom. The first-order chi connectivity index (χ1) is 9.54. The van der Waals surface area contributed by atoms with Crippen LogP contribution in [0.1, 0.15) is 36.8 Å². The summed E-state index contributed by atoms with van der Waals surface area (Å²) in [7, 11) is 0. The van der Waals surface area contributed by atoms with E-state index >= 15 is 0 Å². The van der Waals surface area contributed by atoms with Crippen molar-refractivity contribution in [1.29, 1.82) is 0 Å². The van der Waals surface area contributed by atoms with Crippen molar-refractivity contribution in [3.8, 4) is 0 Å². The van der Waals surface area contributed by atoms with E-state index in [1.807, 2.05) is 6.07 Å². The van der Waals surface area contributed by atoms with Gasteiger partial charge in [-0.3, -0.25) is 4.79 Å². The highest BCUT2D eigenvalue weighted by molar-refractivity contribution is 7.80. The van der Waals surface area contributed by atoms with Gasteiger partial charge in [-0.2, -0.15) is 0 Å². The molecule has 1 aromatic carbocycles. The van der Waals surface area contributed by atoms with Gasteiger partial charge in [0.1, 0.15) is 0 Å². The molecule has 3 nitrogen and oxygen atoms in total. The molecule has 0 aliphatic heterocycles. The summed E-state index contributed by atoms with van der Waals surface area (Å²) in [5.41, 5.74) is 7.69. The third kappa shape index (κ3) is 3.18. The minimum absolute atomic E-state index is 0.00940. The molecule has 4 heteroatoms. The molecule has 1 saturated carbocycles. The summed E-state index contributed by atoms with van der Waals surface area (Å²) in [6.07, 6.45) is 4.48. The molecule has 1 aliphatic carbocycles. The Hall–Kier alpha value is -1.42. The number of aryl methyl sites for hydroxylation is 1. The van der Waals surface area contributed by atoms with Crippen LogP contribution in [0.25, 0.3) is 0 Å². The number of carbonyl (C=O) groups is 1. The van der Waals surface area contributed by atoms with Crippen LogP contribution < -0.4 is 11.1 Å². The number of amides is 1. The maximum absolute atomic E-state index is 12.4. The van der Waals surface area contributed by atoms with Crippen LogP contribution >= 0.6 is 12.2 Å². The van der Waals surface area contributed by atoms with Crippen molar-refractivity contribution in [3.63, 3.8) is 0 Å². The largest absolute Gasteiger partial charge is 0.392 e. The van der Waals surface area contributed by atoms with E-state index in [-0.39, 0.29) is 5.91 Å². The molecule has 0 saturated heterocycles. The van der Waals surface area contributed by atoms with Crippen molar-refractivity contribution >= 4 is 23.1 Å². The van der Waals surface area contributed by atoms with Crippen molar-refractivity contribution < 1.29 is 4.79 Å². The number of carbonyl (C=O) groups excluding carboxylic acids is 1.